The van der Waals surface area contributed by atoms with Crippen LogP contribution in [0, 0.1) is 6.92 Å². The molecule has 0 unspecified atom stereocenters. The first-order chi connectivity index (χ1) is 18.0. The van der Waals surface area contributed by atoms with Gasteiger partial charge in [0.1, 0.15) is 12.6 Å². The zero-order valence-corrected chi connectivity index (χ0v) is 24.5. The van der Waals surface area contributed by atoms with Gasteiger partial charge in [-0.15, -0.1) is 0 Å². The van der Waals surface area contributed by atoms with Gasteiger partial charge >= 0.3 is 0 Å². The third-order valence-electron chi connectivity index (χ3n) is 6.00. The van der Waals surface area contributed by atoms with Crippen LogP contribution in [-0.4, -0.2) is 43.8 Å². The lowest BCUT2D eigenvalue weighted by Crippen LogP contribution is -2.53. The summed E-state index contributed by atoms with van der Waals surface area (Å²) in [6.45, 7) is 7.13. The van der Waals surface area contributed by atoms with Crippen molar-refractivity contribution >= 4 is 43.5 Å². The van der Waals surface area contributed by atoms with E-state index in [4.69, 9.17) is 0 Å². The van der Waals surface area contributed by atoms with Crippen molar-refractivity contribution in [1.29, 1.82) is 0 Å². The molecule has 0 heterocycles. The number of benzene rings is 3. The number of hydrogen-bond acceptors (Lipinski definition) is 4. The average Bonchev–Trinajstić information content (AvgIpc) is 2.87. The van der Waals surface area contributed by atoms with Crippen molar-refractivity contribution in [3.05, 3.63) is 94.5 Å². The van der Waals surface area contributed by atoms with Crippen LogP contribution in [0.2, 0.25) is 0 Å². The molecule has 1 atom stereocenters. The van der Waals surface area contributed by atoms with Gasteiger partial charge in [0.25, 0.3) is 10.0 Å². The number of nitrogens with one attached hydrogen (secondary N) is 1. The minimum atomic E-state index is -4.10. The third-order valence-corrected chi connectivity index (χ3v) is 8.28. The van der Waals surface area contributed by atoms with Crippen molar-refractivity contribution in [2.24, 2.45) is 0 Å². The Bertz CT molecular complexity index is 1350. The van der Waals surface area contributed by atoms with Gasteiger partial charge in [0, 0.05) is 17.1 Å². The Kier molecular flexibility index (Phi) is 10.1. The van der Waals surface area contributed by atoms with Gasteiger partial charge in [-0.2, -0.15) is 0 Å². The zero-order valence-electron chi connectivity index (χ0n) is 22.1. The smallest absolute Gasteiger partial charge is 0.264 e. The van der Waals surface area contributed by atoms with Crippen LogP contribution in [0.15, 0.2) is 88.2 Å². The fraction of sp³-hybridized carbons (Fsp3) is 0.310. The molecule has 3 aromatic rings. The third kappa shape index (κ3) is 7.45. The molecular weight excluding hydrogens is 566 g/mol. The van der Waals surface area contributed by atoms with Crippen LogP contribution >= 0.6 is 15.9 Å². The van der Waals surface area contributed by atoms with Crippen LogP contribution < -0.4 is 9.62 Å². The van der Waals surface area contributed by atoms with Crippen molar-refractivity contribution in [3.8, 4) is 0 Å². The number of carbonyl (C=O) groups excluding carboxylic acids is 2. The lowest BCUT2D eigenvalue weighted by Gasteiger charge is -2.33. The molecule has 0 saturated heterocycles. The van der Waals surface area contributed by atoms with Crippen molar-refractivity contribution in [3.63, 3.8) is 0 Å². The van der Waals surface area contributed by atoms with Gasteiger partial charge in [-0.05, 0) is 63.1 Å². The molecule has 1 N–H and O–H groups in total. The molecule has 0 aliphatic heterocycles. The molecule has 0 spiro atoms. The molecule has 38 heavy (non-hydrogen) atoms. The summed E-state index contributed by atoms with van der Waals surface area (Å²) in [6.07, 6.45) is 0.374. The zero-order chi connectivity index (χ0) is 27.9. The van der Waals surface area contributed by atoms with Gasteiger partial charge in [-0.3, -0.25) is 13.9 Å². The van der Waals surface area contributed by atoms with E-state index in [1.54, 1.807) is 36.4 Å². The van der Waals surface area contributed by atoms with Crippen LogP contribution in [0.5, 0.6) is 0 Å². The number of sulfonamides is 1. The van der Waals surface area contributed by atoms with Crippen LogP contribution in [0.4, 0.5) is 5.69 Å². The number of carbonyl (C=O) groups is 2. The second-order valence-corrected chi connectivity index (χ2v) is 12.2. The van der Waals surface area contributed by atoms with Gasteiger partial charge in [0.2, 0.25) is 11.8 Å². The fourth-order valence-corrected chi connectivity index (χ4v) is 5.87. The van der Waals surface area contributed by atoms with Crippen molar-refractivity contribution in [1.82, 2.24) is 10.2 Å². The Hall–Kier alpha value is -3.17. The van der Waals surface area contributed by atoms with Gasteiger partial charge in [-0.1, -0.05) is 76.9 Å². The highest BCUT2D eigenvalue weighted by Crippen LogP contribution is 2.27. The van der Waals surface area contributed by atoms with E-state index in [-0.39, 0.29) is 23.4 Å². The maximum atomic E-state index is 14.0. The topological polar surface area (TPSA) is 86.8 Å². The maximum Gasteiger partial charge on any atom is 0.264 e. The van der Waals surface area contributed by atoms with Crippen LogP contribution in [0.25, 0.3) is 0 Å². The highest BCUT2D eigenvalue weighted by atomic mass is 79.9. The summed E-state index contributed by atoms with van der Waals surface area (Å²) in [5, 5.41) is 2.90. The molecule has 0 radical (unpaired) electrons. The number of rotatable bonds is 11. The van der Waals surface area contributed by atoms with Crippen LogP contribution in [-0.2, 0) is 26.2 Å². The summed E-state index contributed by atoms with van der Waals surface area (Å²) < 4.78 is 29.5. The highest BCUT2D eigenvalue weighted by molar-refractivity contribution is 9.10. The first-order valence-corrected chi connectivity index (χ1v) is 14.7. The summed E-state index contributed by atoms with van der Waals surface area (Å²) in [4.78, 5) is 28.6. The molecule has 7 nitrogen and oxygen atoms in total. The van der Waals surface area contributed by atoms with E-state index in [1.807, 2.05) is 58.0 Å². The second kappa shape index (κ2) is 13.1. The van der Waals surface area contributed by atoms with Crippen LogP contribution in [0.3, 0.4) is 0 Å². The van der Waals surface area contributed by atoms with E-state index < -0.39 is 28.5 Å². The predicted octanol–water partition coefficient (Wildman–Crippen LogP) is 5.28. The van der Waals surface area contributed by atoms with E-state index in [1.165, 1.54) is 17.0 Å². The Morgan fingerprint density at radius 3 is 2.18 bits per heavy atom. The van der Waals surface area contributed by atoms with E-state index >= 15 is 0 Å². The van der Waals surface area contributed by atoms with E-state index in [2.05, 4.69) is 21.2 Å². The van der Waals surface area contributed by atoms with Gasteiger partial charge in [0.05, 0.1) is 10.6 Å². The summed E-state index contributed by atoms with van der Waals surface area (Å²) in [6, 6.07) is 21.8. The quantitative estimate of drug-likeness (QED) is 0.324. The Labute approximate surface area is 234 Å². The number of nitrogens with zero attached hydrogens (tertiary/aromatic N) is 2. The number of halogens is 1. The van der Waals surface area contributed by atoms with E-state index in [0.29, 0.717) is 16.6 Å². The molecule has 3 aromatic carbocycles. The SMILES string of the molecule is CC[C@H](C(=O)NC(C)C)N(Cc1ccccc1)C(=O)CN(c1cccc(Br)c1)S(=O)(=O)c1ccc(C)cc1. The molecule has 0 aromatic heterocycles. The van der Waals surface area contributed by atoms with Crippen LogP contribution in [0.1, 0.15) is 38.3 Å². The molecular formula is C29H34BrN3O4S. The van der Waals surface area contributed by atoms with Crippen molar-refractivity contribution in [2.75, 3.05) is 10.8 Å². The molecule has 0 aliphatic rings. The maximum absolute atomic E-state index is 14.0. The predicted molar refractivity (Wildman–Crippen MR) is 154 cm³/mol. The molecule has 202 valence electrons. The molecule has 2 amide bonds. The summed E-state index contributed by atoms with van der Waals surface area (Å²) >= 11 is 3.41. The summed E-state index contributed by atoms with van der Waals surface area (Å²) in [5.41, 5.74) is 2.10. The van der Waals surface area contributed by atoms with Gasteiger partial charge in [-0.25, -0.2) is 8.42 Å². The molecule has 0 aliphatic carbocycles. The Morgan fingerprint density at radius 2 is 1.61 bits per heavy atom. The van der Waals surface area contributed by atoms with E-state index in [0.717, 1.165) is 15.4 Å². The number of aryl methyl sites for hydroxylation is 1. The lowest BCUT2D eigenvalue weighted by atomic mass is 10.1. The van der Waals surface area contributed by atoms with Gasteiger partial charge < -0.3 is 10.2 Å². The lowest BCUT2D eigenvalue weighted by molar-refractivity contribution is -0.140. The number of hydrogen-bond donors (Lipinski definition) is 1. The molecule has 0 bridgehead atoms. The largest absolute Gasteiger partial charge is 0.352 e. The molecule has 0 fully saturated rings. The summed E-state index contributed by atoms with van der Waals surface area (Å²) in [7, 11) is -4.10. The fourth-order valence-electron chi connectivity index (χ4n) is 4.08. The second-order valence-electron chi connectivity index (χ2n) is 9.40. The minimum Gasteiger partial charge on any atom is -0.352 e. The summed E-state index contributed by atoms with van der Waals surface area (Å²) in [5.74, 6) is -0.752. The monoisotopic (exact) mass is 599 g/mol. The highest BCUT2D eigenvalue weighted by Gasteiger charge is 2.33. The number of anilines is 1. The van der Waals surface area contributed by atoms with Crippen molar-refractivity contribution < 1.29 is 18.0 Å². The molecule has 9 heteroatoms. The Morgan fingerprint density at radius 1 is 0.947 bits per heavy atom. The standard InChI is InChI=1S/C29H34BrN3O4S/c1-5-27(29(35)31-21(2)3)32(19-23-10-7-6-8-11-23)28(34)20-33(25-13-9-12-24(30)18-25)38(36,37)26-16-14-22(4)15-17-26/h6-18,21,27H,5,19-20H2,1-4H3,(H,31,35)/t27-/m1/s1. The van der Waals surface area contributed by atoms with E-state index in [9.17, 15) is 18.0 Å². The Balaban J connectivity index is 2.05. The molecule has 3 rings (SSSR count). The minimum absolute atomic E-state index is 0.0788. The van der Waals surface area contributed by atoms with Crippen molar-refractivity contribution in [2.45, 2.75) is 57.6 Å². The first kappa shape index (κ1) is 29.4. The van der Waals surface area contributed by atoms with Gasteiger partial charge in [0.15, 0.2) is 0 Å². The normalized spacial score (nSPS) is 12.2. The number of amides is 2. The first-order valence-electron chi connectivity index (χ1n) is 12.5. The average molecular weight is 601 g/mol. The molecule has 0 saturated carbocycles.